The maximum atomic E-state index is 13.0. The smallest absolute Gasteiger partial charge is 0.330 e. The number of aldehydes is 1. The van der Waals surface area contributed by atoms with Crippen molar-refractivity contribution in [2.45, 2.75) is 42.7 Å². The molecule has 1 aromatic heterocycles. The van der Waals surface area contributed by atoms with Gasteiger partial charge in [-0.1, -0.05) is 0 Å². The number of rotatable bonds is 7. The lowest BCUT2D eigenvalue weighted by Crippen LogP contribution is -2.58. The lowest BCUT2D eigenvalue weighted by molar-refractivity contribution is -0.384. The van der Waals surface area contributed by atoms with Crippen molar-refractivity contribution in [2.24, 2.45) is 0 Å². The monoisotopic (exact) mass is 431 g/mol. The van der Waals surface area contributed by atoms with E-state index in [1.807, 2.05) is 6.92 Å². The number of carbonyl (C=O) groups excluding carboxylic acids is 3. The van der Waals surface area contributed by atoms with Crippen molar-refractivity contribution in [1.82, 2.24) is 19.9 Å². The predicted octanol–water partition coefficient (Wildman–Crippen LogP) is 1.17. The Bertz CT molecular complexity index is 1020. The number of benzene rings is 1. The molecular formula is C18H17N5O6S. The molecule has 4 rings (SSSR count). The Morgan fingerprint density at radius 2 is 2.17 bits per heavy atom. The third kappa shape index (κ3) is 3.54. The Morgan fingerprint density at radius 1 is 1.43 bits per heavy atom. The summed E-state index contributed by atoms with van der Waals surface area (Å²) in [5.74, 6) is -0.697. The van der Waals surface area contributed by atoms with Gasteiger partial charge >= 0.3 is 5.97 Å². The quantitative estimate of drug-likeness (QED) is 0.208. The number of esters is 1. The molecule has 2 aliphatic rings. The molecule has 0 saturated carbocycles. The Kier molecular flexibility index (Phi) is 5.02. The van der Waals surface area contributed by atoms with E-state index in [-0.39, 0.29) is 35.8 Å². The zero-order valence-corrected chi connectivity index (χ0v) is 16.7. The minimum atomic E-state index is -0.836. The SMILES string of the molecule is C[C@@]1(Cn2ncc(C=O)n2)S[C@H]2CC(=O)N2[C@H]1C(=O)OCc1ccc([N+](=O)[O-])cc1. The van der Waals surface area contributed by atoms with Crippen LogP contribution in [0.15, 0.2) is 30.5 Å². The minimum absolute atomic E-state index is 0.0553. The summed E-state index contributed by atoms with van der Waals surface area (Å²) in [6.45, 7) is 1.98. The van der Waals surface area contributed by atoms with Gasteiger partial charge in [0.1, 0.15) is 18.3 Å². The van der Waals surface area contributed by atoms with Crippen LogP contribution in [0.3, 0.4) is 0 Å². The lowest BCUT2D eigenvalue weighted by atomic mass is 9.96. The summed E-state index contributed by atoms with van der Waals surface area (Å²) in [6.07, 6.45) is 2.26. The van der Waals surface area contributed by atoms with E-state index in [9.17, 15) is 24.5 Å². The van der Waals surface area contributed by atoms with Crippen LogP contribution in [0.2, 0.25) is 0 Å². The summed E-state index contributed by atoms with van der Waals surface area (Å²) in [5.41, 5.74) is 0.718. The molecule has 1 amide bonds. The number of fused-ring (bicyclic) bond motifs is 1. The molecule has 1 aromatic carbocycles. The van der Waals surface area contributed by atoms with Crippen LogP contribution >= 0.6 is 11.8 Å². The number of nitro groups is 1. The van der Waals surface area contributed by atoms with Gasteiger partial charge in [0.15, 0.2) is 6.29 Å². The van der Waals surface area contributed by atoms with Crippen LogP contribution in [-0.4, -0.2) is 59.1 Å². The highest BCUT2D eigenvalue weighted by Gasteiger charge is 2.61. The predicted molar refractivity (Wildman–Crippen MR) is 103 cm³/mol. The molecule has 156 valence electrons. The zero-order chi connectivity index (χ0) is 21.5. The fourth-order valence-corrected chi connectivity index (χ4v) is 5.36. The molecule has 30 heavy (non-hydrogen) atoms. The second-order valence-corrected chi connectivity index (χ2v) is 8.95. The Balaban J connectivity index is 1.49. The van der Waals surface area contributed by atoms with Gasteiger partial charge in [0.05, 0.1) is 34.2 Å². The summed E-state index contributed by atoms with van der Waals surface area (Å²) in [5, 5.41) is 18.7. The van der Waals surface area contributed by atoms with Crippen LogP contribution in [0.1, 0.15) is 29.4 Å². The molecule has 12 heteroatoms. The van der Waals surface area contributed by atoms with Crippen LogP contribution in [0.5, 0.6) is 0 Å². The number of amides is 1. The maximum Gasteiger partial charge on any atom is 0.330 e. The molecule has 0 bridgehead atoms. The zero-order valence-electron chi connectivity index (χ0n) is 15.8. The van der Waals surface area contributed by atoms with Crippen molar-refractivity contribution < 1.29 is 24.0 Å². The molecule has 3 atom stereocenters. The summed E-state index contributed by atoms with van der Waals surface area (Å²) in [6, 6.07) is 4.86. The van der Waals surface area contributed by atoms with E-state index >= 15 is 0 Å². The highest BCUT2D eigenvalue weighted by Crippen LogP contribution is 2.51. The van der Waals surface area contributed by atoms with Crippen molar-refractivity contribution >= 4 is 35.6 Å². The molecule has 2 aliphatic heterocycles. The van der Waals surface area contributed by atoms with E-state index < -0.39 is 21.7 Å². The highest BCUT2D eigenvalue weighted by atomic mass is 32.2. The van der Waals surface area contributed by atoms with Gasteiger partial charge in [-0.05, 0) is 24.6 Å². The van der Waals surface area contributed by atoms with Gasteiger partial charge in [0, 0.05) is 12.1 Å². The molecule has 0 radical (unpaired) electrons. The Morgan fingerprint density at radius 3 is 2.77 bits per heavy atom. The van der Waals surface area contributed by atoms with Crippen LogP contribution in [-0.2, 0) is 27.5 Å². The number of β-lactam (4-membered cyclic amide) rings is 1. The summed E-state index contributed by atoms with van der Waals surface area (Å²) < 4.78 is 4.70. The third-order valence-electron chi connectivity index (χ3n) is 5.09. The molecule has 0 N–H and O–H groups in total. The summed E-state index contributed by atoms with van der Waals surface area (Å²) >= 11 is 1.48. The first-order chi connectivity index (χ1) is 14.3. The summed E-state index contributed by atoms with van der Waals surface area (Å²) in [4.78, 5) is 49.1. The molecular weight excluding hydrogens is 414 g/mol. The van der Waals surface area contributed by atoms with Crippen LogP contribution in [0.25, 0.3) is 0 Å². The Labute approximate surface area is 174 Å². The van der Waals surface area contributed by atoms with Crippen LogP contribution in [0.4, 0.5) is 5.69 Å². The minimum Gasteiger partial charge on any atom is -0.459 e. The van der Waals surface area contributed by atoms with E-state index in [4.69, 9.17) is 4.74 Å². The number of carbonyl (C=O) groups is 3. The first-order valence-corrected chi connectivity index (χ1v) is 9.93. The van der Waals surface area contributed by atoms with Crippen molar-refractivity contribution in [1.29, 1.82) is 0 Å². The van der Waals surface area contributed by atoms with E-state index in [0.29, 0.717) is 18.3 Å². The van der Waals surface area contributed by atoms with Gasteiger partial charge < -0.3 is 9.64 Å². The number of aromatic nitrogens is 3. The van der Waals surface area contributed by atoms with Crippen molar-refractivity contribution in [3.05, 3.63) is 51.8 Å². The summed E-state index contributed by atoms with van der Waals surface area (Å²) in [7, 11) is 0. The topological polar surface area (TPSA) is 138 Å². The molecule has 0 unspecified atom stereocenters. The first kappa shape index (κ1) is 20.0. The highest BCUT2D eigenvalue weighted by molar-refractivity contribution is 8.01. The average Bonchev–Trinajstić information content (AvgIpc) is 3.26. The lowest BCUT2D eigenvalue weighted by Gasteiger charge is -2.37. The largest absolute Gasteiger partial charge is 0.459 e. The molecule has 0 aliphatic carbocycles. The van der Waals surface area contributed by atoms with Gasteiger partial charge in [-0.3, -0.25) is 19.7 Å². The molecule has 2 aromatic rings. The second kappa shape index (κ2) is 7.52. The number of thioether (sulfide) groups is 1. The van der Waals surface area contributed by atoms with Crippen molar-refractivity contribution in [2.75, 3.05) is 0 Å². The number of nitro benzene ring substituents is 1. The van der Waals surface area contributed by atoms with Crippen LogP contribution in [0, 0.1) is 10.1 Å². The van der Waals surface area contributed by atoms with E-state index in [0.717, 1.165) is 0 Å². The molecule has 11 nitrogen and oxygen atoms in total. The van der Waals surface area contributed by atoms with E-state index in [1.165, 1.54) is 51.9 Å². The molecule has 0 spiro atoms. The standard InChI is InChI=1S/C18H17N5O6S/c1-18(10-21-19-7-12(8-24)20-21)16(22-14(25)6-15(22)30-18)17(26)29-9-11-2-4-13(5-3-11)23(27)28/h2-5,7-8,15-16H,6,9-10H2,1H3/t15-,16-,18-/m0/s1. The second-order valence-electron chi connectivity index (χ2n) is 7.24. The number of hydrogen-bond acceptors (Lipinski definition) is 9. The van der Waals surface area contributed by atoms with Crippen molar-refractivity contribution in [3.8, 4) is 0 Å². The normalized spacial score (nSPS) is 24.8. The number of non-ortho nitro benzene ring substituents is 1. The molecule has 2 saturated heterocycles. The van der Waals surface area contributed by atoms with Gasteiger partial charge in [-0.15, -0.1) is 11.8 Å². The van der Waals surface area contributed by atoms with E-state index in [1.54, 1.807) is 0 Å². The first-order valence-electron chi connectivity index (χ1n) is 9.05. The van der Waals surface area contributed by atoms with Crippen molar-refractivity contribution in [3.63, 3.8) is 0 Å². The fourth-order valence-electron chi connectivity index (χ4n) is 3.64. The van der Waals surface area contributed by atoms with Gasteiger partial charge in [-0.2, -0.15) is 15.0 Å². The fraction of sp³-hybridized carbons (Fsp3) is 0.389. The van der Waals surface area contributed by atoms with Gasteiger partial charge in [0.25, 0.3) is 5.69 Å². The van der Waals surface area contributed by atoms with Gasteiger partial charge in [0.2, 0.25) is 5.91 Å². The molecule has 2 fully saturated rings. The maximum absolute atomic E-state index is 13.0. The third-order valence-corrected chi connectivity index (χ3v) is 6.65. The Hall–Kier alpha value is -3.28. The number of nitrogens with zero attached hydrogens (tertiary/aromatic N) is 5. The number of hydrogen-bond donors (Lipinski definition) is 0. The average molecular weight is 431 g/mol. The van der Waals surface area contributed by atoms with E-state index in [2.05, 4.69) is 10.2 Å². The molecule has 3 heterocycles. The van der Waals surface area contributed by atoms with Gasteiger partial charge in [-0.25, -0.2) is 4.79 Å². The number of ether oxygens (including phenoxy) is 1. The van der Waals surface area contributed by atoms with Crippen LogP contribution < -0.4 is 0 Å².